The quantitative estimate of drug-likeness (QED) is 0.844. The van der Waals surface area contributed by atoms with E-state index in [0.717, 1.165) is 5.56 Å². The minimum Gasteiger partial charge on any atom is -0.352 e. The van der Waals surface area contributed by atoms with E-state index in [1.807, 2.05) is 13.8 Å². The molecule has 0 aromatic heterocycles. The van der Waals surface area contributed by atoms with Gasteiger partial charge in [-0.2, -0.15) is 0 Å². The molecule has 0 atom stereocenters. The highest BCUT2D eigenvalue weighted by Crippen LogP contribution is 2.16. The first-order valence-corrected chi connectivity index (χ1v) is 8.53. The predicted molar refractivity (Wildman–Crippen MR) is 83.8 cm³/mol. The SMILES string of the molecule is Cc1ccc(S(=O)(=O)NC(C)C)cc1C(=O)NCC(C)C. The van der Waals surface area contributed by atoms with Crippen molar-refractivity contribution in [2.24, 2.45) is 5.92 Å². The van der Waals surface area contributed by atoms with Crippen molar-refractivity contribution in [3.63, 3.8) is 0 Å². The molecule has 0 unspecified atom stereocenters. The summed E-state index contributed by atoms with van der Waals surface area (Å²) >= 11 is 0. The van der Waals surface area contributed by atoms with Crippen LogP contribution in [0.15, 0.2) is 23.1 Å². The van der Waals surface area contributed by atoms with Crippen LogP contribution in [0.1, 0.15) is 43.6 Å². The predicted octanol–water partition coefficient (Wildman–Crippen LogP) is 2.07. The van der Waals surface area contributed by atoms with Crippen molar-refractivity contribution >= 4 is 15.9 Å². The Balaban J connectivity index is 3.08. The number of nitrogens with one attached hydrogen (secondary N) is 2. The second-order valence-corrected chi connectivity index (χ2v) is 7.57. The molecule has 1 amide bonds. The lowest BCUT2D eigenvalue weighted by Gasteiger charge is -2.13. The molecule has 21 heavy (non-hydrogen) atoms. The highest BCUT2D eigenvalue weighted by atomic mass is 32.2. The largest absolute Gasteiger partial charge is 0.352 e. The Bertz CT molecular complexity index is 607. The van der Waals surface area contributed by atoms with Gasteiger partial charge in [-0.15, -0.1) is 0 Å². The van der Waals surface area contributed by atoms with Crippen molar-refractivity contribution in [3.05, 3.63) is 29.3 Å². The number of carbonyl (C=O) groups excluding carboxylic acids is 1. The number of hydrogen-bond donors (Lipinski definition) is 2. The van der Waals surface area contributed by atoms with Crippen LogP contribution in [0.3, 0.4) is 0 Å². The number of amides is 1. The molecule has 5 nitrogen and oxygen atoms in total. The van der Waals surface area contributed by atoms with Gasteiger partial charge in [-0.1, -0.05) is 19.9 Å². The molecule has 0 radical (unpaired) electrons. The first-order chi connectivity index (χ1) is 9.63. The number of hydrogen-bond acceptors (Lipinski definition) is 3. The summed E-state index contributed by atoms with van der Waals surface area (Å²) in [4.78, 5) is 12.3. The van der Waals surface area contributed by atoms with Gasteiger partial charge in [0.2, 0.25) is 10.0 Å². The van der Waals surface area contributed by atoms with Crippen molar-refractivity contribution in [2.75, 3.05) is 6.54 Å². The van der Waals surface area contributed by atoms with Crippen molar-refractivity contribution in [1.82, 2.24) is 10.0 Å². The molecule has 0 fully saturated rings. The molecular formula is C15H24N2O3S. The highest BCUT2D eigenvalue weighted by Gasteiger charge is 2.18. The van der Waals surface area contributed by atoms with Crippen LogP contribution in [0, 0.1) is 12.8 Å². The lowest BCUT2D eigenvalue weighted by Crippen LogP contribution is -2.31. The van der Waals surface area contributed by atoms with Crippen molar-refractivity contribution < 1.29 is 13.2 Å². The van der Waals surface area contributed by atoms with E-state index < -0.39 is 10.0 Å². The summed E-state index contributed by atoms with van der Waals surface area (Å²) < 4.78 is 26.8. The Morgan fingerprint density at radius 3 is 2.33 bits per heavy atom. The van der Waals surface area contributed by atoms with Crippen LogP contribution in [-0.2, 0) is 10.0 Å². The number of aryl methyl sites for hydroxylation is 1. The highest BCUT2D eigenvalue weighted by molar-refractivity contribution is 7.89. The number of benzene rings is 1. The van der Waals surface area contributed by atoms with Gasteiger partial charge in [0.15, 0.2) is 0 Å². The average Bonchev–Trinajstić information content (AvgIpc) is 2.34. The monoisotopic (exact) mass is 312 g/mol. The molecule has 2 N–H and O–H groups in total. The molecule has 0 bridgehead atoms. The van der Waals surface area contributed by atoms with Crippen molar-refractivity contribution in [3.8, 4) is 0 Å². The van der Waals surface area contributed by atoms with Crippen LogP contribution in [0.2, 0.25) is 0 Å². The first-order valence-electron chi connectivity index (χ1n) is 7.04. The number of sulfonamides is 1. The van der Waals surface area contributed by atoms with E-state index in [1.54, 1.807) is 26.8 Å². The molecule has 118 valence electrons. The fourth-order valence-corrected chi connectivity index (χ4v) is 3.06. The topological polar surface area (TPSA) is 75.3 Å². The van der Waals surface area contributed by atoms with E-state index in [9.17, 15) is 13.2 Å². The van der Waals surface area contributed by atoms with Crippen molar-refractivity contribution in [2.45, 2.75) is 45.6 Å². The molecule has 0 spiro atoms. The molecule has 1 aromatic rings. The Morgan fingerprint density at radius 1 is 1.19 bits per heavy atom. The van der Waals surface area contributed by atoms with E-state index in [2.05, 4.69) is 10.0 Å². The third-order valence-electron chi connectivity index (χ3n) is 2.83. The van der Waals surface area contributed by atoms with Gasteiger partial charge >= 0.3 is 0 Å². The van der Waals surface area contributed by atoms with E-state index in [1.165, 1.54) is 12.1 Å². The van der Waals surface area contributed by atoms with Crippen LogP contribution >= 0.6 is 0 Å². The van der Waals surface area contributed by atoms with Crippen LogP contribution in [0.4, 0.5) is 0 Å². The van der Waals surface area contributed by atoms with E-state index in [4.69, 9.17) is 0 Å². The zero-order valence-corrected chi connectivity index (χ0v) is 14.0. The number of rotatable bonds is 6. The van der Waals surface area contributed by atoms with E-state index in [0.29, 0.717) is 18.0 Å². The molecule has 0 aliphatic heterocycles. The Hall–Kier alpha value is -1.40. The maximum atomic E-state index is 12.2. The molecule has 0 saturated heterocycles. The van der Waals surface area contributed by atoms with Crippen LogP contribution in [0.5, 0.6) is 0 Å². The van der Waals surface area contributed by atoms with Crippen LogP contribution < -0.4 is 10.0 Å². The molecular weight excluding hydrogens is 288 g/mol. The minimum atomic E-state index is -3.59. The van der Waals surface area contributed by atoms with Gasteiger partial charge in [-0.25, -0.2) is 13.1 Å². The third-order valence-corrected chi connectivity index (χ3v) is 4.48. The summed E-state index contributed by atoms with van der Waals surface area (Å²) in [5.74, 6) is 0.0894. The van der Waals surface area contributed by atoms with E-state index in [-0.39, 0.29) is 16.8 Å². The summed E-state index contributed by atoms with van der Waals surface area (Å²) in [7, 11) is -3.59. The zero-order chi connectivity index (χ0) is 16.2. The summed E-state index contributed by atoms with van der Waals surface area (Å²) in [5.41, 5.74) is 1.14. The standard InChI is InChI=1S/C15H24N2O3S/c1-10(2)9-16-15(18)14-8-13(7-6-12(14)5)21(19,20)17-11(3)4/h6-8,10-11,17H,9H2,1-5H3,(H,16,18). The molecule has 0 aliphatic rings. The van der Waals surface area contributed by atoms with Gasteiger partial charge in [-0.3, -0.25) is 4.79 Å². The van der Waals surface area contributed by atoms with Gasteiger partial charge in [-0.05, 0) is 44.4 Å². The number of carbonyl (C=O) groups is 1. The molecule has 0 saturated carbocycles. The van der Waals surface area contributed by atoms with Crippen molar-refractivity contribution in [1.29, 1.82) is 0 Å². The summed E-state index contributed by atoms with van der Waals surface area (Å²) in [6, 6.07) is 4.39. The summed E-state index contributed by atoms with van der Waals surface area (Å²) in [6.45, 7) is 9.85. The molecule has 1 rings (SSSR count). The Morgan fingerprint density at radius 2 is 1.81 bits per heavy atom. The maximum Gasteiger partial charge on any atom is 0.251 e. The Kier molecular flexibility index (Phi) is 5.92. The van der Waals surface area contributed by atoms with Gasteiger partial charge in [0, 0.05) is 18.2 Å². The van der Waals surface area contributed by atoms with E-state index >= 15 is 0 Å². The lowest BCUT2D eigenvalue weighted by atomic mass is 10.1. The molecule has 6 heteroatoms. The van der Waals surface area contributed by atoms with Crippen LogP contribution in [-0.4, -0.2) is 26.9 Å². The molecule has 1 aromatic carbocycles. The minimum absolute atomic E-state index is 0.108. The normalized spacial score (nSPS) is 12.0. The maximum absolute atomic E-state index is 12.2. The first kappa shape index (κ1) is 17.7. The Labute approximate surface area is 127 Å². The lowest BCUT2D eigenvalue weighted by molar-refractivity contribution is 0.0948. The fraction of sp³-hybridized carbons (Fsp3) is 0.533. The molecule has 0 heterocycles. The van der Waals surface area contributed by atoms with Gasteiger partial charge in [0.25, 0.3) is 5.91 Å². The fourth-order valence-electron chi connectivity index (χ4n) is 1.78. The van der Waals surface area contributed by atoms with Gasteiger partial charge in [0.1, 0.15) is 0 Å². The van der Waals surface area contributed by atoms with Gasteiger partial charge < -0.3 is 5.32 Å². The smallest absolute Gasteiger partial charge is 0.251 e. The third kappa shape index (κ3) is 5.13. The van der Waals surface area contributed by atoms with Gasteiger partial charge in [0.05, 0.1) is 4.90 Å². The summed E-state index contributed by atoms with van der Waals surface area (Å²) in [5, 5.41) is 2.80. The molecule has 0 aliphatic carbocycles. The second-order valence-electron chi connectivity index (χ2n) is 5.86. The average molecular weight is 312 g/mol. The second kappa shape index (κ2) is 7.04. The zero-order valence-electron chi connectivity index (χ0n) is 13.2. The van der Waals surface area contributed by atoms with Crippen LogP contribution in [0.25, 0.3) is 0 Å². The summed E-state index contributed by atoms with van der Waals surface area (Å²) in [6.07, 6.45) is 0.